The van der Waals surface area contributed by atoms with Gasteiger partial charge in [0, 0.05) is 64.4 Å². The zero-order valence-electron chi connectivity index (χ0n) is 19.1. The predicted octanol–water partition coefficient (Wildman–Crippen LogP) is -0.517. The van der Waals surface area contributed by atoms with Crippen LogP contribution in [0, 0.1) is 0 Å². The highest BCUT2D eigenvalue weighted by Crippen LogP contribution is 2.09. The maximum Gasteiger partial charge on any atom is 0.0594 e. The van der Waals surface area contributed by atoms with Gasteiger partial charge >= 0.3 is 0 Å². The first-order chi connectivity index (χ1) is 14.7. The molecule has 0 aromatic heterocycles. The number of piperidine rings is 2. The lowest BCUT2D eigenvalue weighted by molar-refractivity contribution is 0.0321. The molecule has 8 nitrogen and oxygen atoms in total. The van der Waals surface area contributed by atoms with Crippen molar-refractivity contribution in [2.24, 2.45) is 11.5 Å². The van der Waals surface area contributed by atoms with Crippen molar-refractivity contribution in [2.45, 2.75) is 37.8 Å². The lowest BCUT2D eigenvalue weighted by Crippen LogP contribution is -2.45. The average Bonchev–Trinajstić information content (AvgIpc) is 2.80. The minimum Gasteiger partial charge on any atom is -0.379 e. The second kappa shape index (κ2) is 14.0. The van der Waals surface area contributed by atoms with Crippen LogP contribution in [0.4, 0.5) is 0 Å². The minimum absolute atomic E-state index is 0.449. The minimum atomic E-state index is 0.449. The van der Waals surface area contributed by atoms with Crippen LogP contribution in [-0.2, 0) is 9.47 Å². The van der Waals surface area contributed by atoms with Gasteiger partial charge in [0.05, 0.1) is 26.4 Å². The van der Waals surface area contributed by atoms with Gasteiger partial charge in [0.25, 0.3) is 0 Å². The van der Waals surface area contributed by atoms with E-state index >= 15 is 0 Å². The number of ether oxygens (including phenoxy) is 2. The maximum absolute atomic E-state index is 5.88. The Morgan fingerprint density at radius 1 is 0.467 bits per heavy atom. The Kier molecular flexibility index (Phi) is 11.3. The Balaban J connectivity index is 0.000000171. The third-order valence-electron chi connectivity index (χ3n) is 6.94. The Hall–Kier alpha value is -0.320. The van der Waals surface area contributed by atoms with E-state index in [9.17, 15) is 0 Å². The average molecular weight is 427 g/mol. The van der Waals surface area contributed by atoms with Crippen molar-refractivity contribution >= 4 is 0 Å². The lowest BCUT2D eigenvalue weighted by Gasteiger charge is -2.33. The predicted molar refractivity (Wildman–Crippen MR) is 122 cm³/mol. The van der Waals surface area contributed by atoms with E-state index in [0.717, 1.165) is 52.6 Å². The molecule has 176 valence electrons. The fourth-order valence-electron chi connectivity index (χ4n) is 4.57. The van der Waals surface area contributed by atoms with Gasteiger partial charge in [-0.25, -0.2) is 0 Å². The van der Waals surface area contributed by atoms with Crippen LogP contribution in [0.1, 0.15) is 25.7 Å². The number of nitrogens with two attached hydrogens (primary N) is 2. The Labute approximate surface area is 183 Å². The van der Waals surface area contributed by atoms with Gasteiger partial charge < -0.3 is 30.7 Å². The molecule has 4 rings (SSSR count). The van der Waals surface area contributed by atoms with Crippen LogP contribution in [-0.4, -0.2) is 137 Å². The van der Waals surface area contributed by atoms with Gasteiger partial charge in [-0.2, -0.15) is 0 Å². The first-order valence-electron chi connectivity index (χ1n) is 12.2. The number of rotatable bonds is 6. The summed E-state index contributed by atoms with van der Waals surface area (Å²) in [6.07, 6.45) is 4.68. The van der Waals surface area contributed by atoms with Gasteiger partial charge in [-0.3, -0.25) is 9.80 Å². The van der Waals surface area contributed by atoms with E-state index in [2.05, 4.69) is 19.6 Å². The van der Waals surface area contributed by atoms with Gasteiger partial charge in [-0.1, -0.05) is 0 Å². The molecule has 4 fully saturated rings. The Bertz CT molecular complexity index is 389. The van der Waals surface area contributed by atoms with Crippen molar-refractivity contribution in [3.05, 3.63) is 0 Å². The molecule has 4 heterocycles. The summed E-state index contributed by atoms with van der Waals surface area (Å²) >= 11 is 0. The molecule has 0 radical (unpaired) electrons. The van der Waals surface area contributed by atoms with Crippen LogP contribution in [0.15, 0.2) is 0 Å². The quantitative estimate of drug-likeness (QED) is 0.587. The summed E-state index contributed by atoms with van der Waals surface area (Å²) in [5.74, 6) is 0. The van der Waals surface area contributed by atoms with Crippen molar-refractivity contribution in [2.75, 3.05) is 105 Å². The van der Waals surface area contributed by atoms with Crippen molar-refractivity contribution in [3.63, 3.8) is 0 Å². The maximum atomic E-state index is 5.88. The SMILES string of the molecule is NC1CCN(CCN2CCOCC2)CC1.NC1CCN(CCN2CCOCC2)CC1. The summed E-state index contributed by atoms with van der Waals surface area (Å²) in [4.78, 5) is 10.1. The standard InChI is InChI=1S/2C11H23N3O/c2*12-11-1-3-13(4-2-11)5-6-14-7-9-15-10-8-14/h2*11H,1-10,12H2. The number of hydrogen-bond acceptors (Lipinski definition) is 8. The molecule has 0 saturated carbocycles. The highest BCUT2D eigenvalue weighted by Gasteiger charge is 2.18. The molecule has 0 spiro atoms. The molecule has 0 aromatic rings. The molecule has 4 saturated heterocycles. The number of likely N-dealkylation sites (tertiary alicyclic amines) is 2. The molecular weight excluding hydrogens is 380 g/mol. The molecule has 0 atom stereocenters. The van der Waals surface area contributed by atoms with Gasteiger partial charge in [0.2, 0.25) is 0 Å². The van der Waals surface area contributed by atoms with E-state index in [1.807, 2.05) is 0 Å². The zero-order valence-corrected chi connectivity index (χ0v) is 19.1. The van der Waals surface area contributed by atoms with Gasteiger partial charge in [0.1, 0.15) is 0 Å². The van der Waals surface area contributed by atoms with E-state index in [1.165, 1.54) is 78.0 Å². The third-order valence-corrected chi connectivity index (χ3v) is 6.94. The summed E-state index contributed by atoms with van der Waals surface area (Å²) in [5.41, 5.74) is 11.8. The molecular formula is C22H46N6O2. The number of hydrogen-bond donors (Lipinski definition) is 2. The highest BCUT2D eigenvalue weighted by atomic mass is 16.5. The number of morpholine rings is 2. The van der Waals surface area contributed by atoms with E-state index in [0.29, 0.717) is 12.1 Å². The monoisotopic (exact) mass is 426 g/mol. The molecule has 8 heteroatoms. The van der Waals surface area contributed by atoms with E-state index in [1.54, 1.807) is 0 Å². The molecule has 0 amide bonds. The van der Waals surface area contributed by atoms with Crippen LogP contribution in [0.2, 0.25) is 0 Å². The van der Waals surface area contributed by atoms with Gasteiger partial charge in [0.15, 0.2) is 0 Å². The molecule has 30 heavy (non-hydrogen) atoms. The highest BCUT2D eigenvalue weighted by molar-refractivity contribution is 4.76. The Morgan fingerprint density at radius 3 is 1.03 bits per heavy atom. The molecule has 4 aliphatic heterocycles. The summed E-state index contributed by atoms with van der Waals surface area (Å²) in [5, 5.41) is 0. The summed E-state index contributed by atoms with van der Waals surface area (Å²) in [7, 11) is 0. The second-order valence-electron chi connectivity index (χ2n) is 9.27. The summed E-state index contributed by atoms with van der Waals surface area (Å²) in [6, 6.07) is 0.897. The zero-order chi connectivity index (χ0) is 21.0. The Morgan fingerprint density at radius 2 is 0.733 bits per heavy atom. The molecule has 4 aliphatic rings. The van der Waals surface area contributed by atoms with E-state index in [4.69, 9.17) is 20.9 Å². The third kappa shape index (κ3) is 9.44. The summed E-state index contributed by atoms with van der Waals surface area (Å²) in [6.45, 7) is 17.6. The van der Waals surface area contributed by atoms with E-state index in [-0.39, 0.29) is 0 Å². The van der Waals surface area contributed by atoms with Crippen LogP contribution < -0.4 is 11.5 Å². The first kappa shape index (κ1) is 24.3. The van der Waals surface area contributed by atoms with Crippen LogP contribution in [0.5, 0.6) is 0 Å². The number of nitrogens with zero attached hydrogens (tertiary/aromatic N) is 4. The van der Waals surface area contributed by atoms with Crippen LogP contribution >= 0.6 is 0 Å². The fourth-order valence-corrected chi connectivity index (χ4v) is 4.57. The smallest absolute Gasteiger partial charge is 0.0594 e. The summed E-state index contributed by atoms with van der Waals surface area (Å²) < 4.78 is 10.7. The largest absolute Gasteiger partial charge is 0.379 e. The fraction of sp³-hybridized carbons (Fsp3) is 1.00. The topological polar surface area (TPSA) is 83.5 Å². The molecule has 4 N–H and O–H groups in total. The van der Waals surface area contributed by atoms with Crippen molar-refractivity contribution in [1.82, 2.24) is 19.6 Å². The van der Waals surface area contributed by atoms with Crippen molar-refractivity contribution in [1.29, 1.82) is 0 Å². The molecule has 0 bridgehead atoms. The van der Waals surface area contributed by atoms with Gasteiger partial charge in [-0.05, 0) is 51.9 Å². The second-order valence-corrected chi connectivity index (χ2v) is 9.27. The normalized spacial score (nSPS) is 27.0. The van der Waals surface area contributed by atoms with Crippen LogP contribution in [0.3, 0.4) is 0 Å². The van der Waals surface area contributed by atoms with Crippen LogP contribution in [0.25, 0.3) is 0 Å². The van der Waals surface area contributed by atoms with Crippen molar-refractivity contribution in [3.8, 4) is 0 Å². The molecule has 0 unspecified atom stereocenters. The van der Waals surface area contributed by atoms with E-state index < -0.39 is 0 Å². The lowest BCUT2D eigenvalue weighted by atomic mass is 10.1. The van der Waals surface area contributed by atoms with Gasteiger partial charge in [-0.15, -0.1) is 0 Å². The van der Waals surface area contributed by atoms with Crippen molar-refractivity contribution < 1.29 is 9.47 Å². The first-order valence-corrected chi connectivity index (χ1v) is 12.2. The molecule has 0 aromatic carbocycles. The molecule has 0 aliphatic carbocycles.